The molecule has 26 heavy (non-hydrogen) atoms. The highest BCUT2D eigenvalue weighted by Crippen LogP contribution is 2.37. The molecule has 0 bridgehead atoms. The third-order valence-corrected chi connectivity index (χ3v) is 4.98. The van der Waals surface area contributed by atoms with E-state index in [9.17, 15) is 10.1 Å². The van der Waals surface area contributed by atoms with Crippen LogP contribution in [0.5, 0.6) is 0 Å². The molecular formula is C17H11N5O2S2. The molecule has 1 aromatic heterocycles. The number of nitro benzene ring substituents is 1. The highest BCUT2D eigenvalue weighted by atomic mass is 32.2. The molecule has 0 radical (unpaired) electrons. The number of benzene rings is 2. The van der Waals surface area contributed by atoms with Gasteiger partial charge in [0, 0.05) is 29.5 Å². The Labute approximate surface area is 157 Å². The zero-order valence-corrected chi connectivity index (χ0v) is 14.8. The highest BCUT2D eigenvalue weighted by Gasteiger charge is 2.13. The van der Waals surface area contributed by atoms with Gasteiger partial charge in [-0.15, -0.1) is 0 Å². The van der Waals surface area contributed by atoms with E-state index in [1.165, 1.54) is 23.5 Å². The van der Waals surface area contributed by atoms with E-state index in [1.54, 1.807) is 18.3 Å². The number of hydrogen-bond acceptors (Lipinski definition) is 8. The van der Waals surface area contributed by atoms with Gasteiger partial charge in [-0.3, -0.25) is 15.5 Å². The van der Waals surface area contributed by atoms with E-state index in [0.717, 1.165) is 32.8 Å². The summed E-state index contributed by atoms with van der Waals surface area (Å²) in [5.41, 5.74) is 5.24. The van der Waals surface area contributed by atoms with Crippen LogP contribution in [0.1, 0.15) is 5.56 Å². The smallest absolute Gasteiger partial charge is 0.258 e. The second-order valence-corrected chi connectivity index (χ2v) is 6.99. The summed E-state index contributed by atoms with van der Waals surface area (Å²) in [4.78, 5) is 14.7. The summed E-state index contributed by atoms with van der Waals surface area (Å²) >= 11 is 2.39. The number of nitriles is 1. The van der Waals surface area contributed by atoms with Gasteiger partial charge in [-0.2, -0.15) is 10.4 Å². The van der Waals surface area contributed by atoms with Crippen molar-refractivity contribution < 1.29 is 4.92 Å². The molecular weight excluding hydrogens is 370 g/mol. The molecule has 0 aliphatic rings. The van der Waals surface area contributed by atoms with E-state index < -0.39 is 4.92 Å². The van der Waals surface area contributed by atoms with Gasteiger partial charge in [-0.05, 0) is 17.7 Å². The number of hydrogen-bond donors (Lipinski definition) is 1. The standard InChI is InChI=1S/C17H11N5O2S2/c18-11-25-16-15(13-4-2-1-3-5-13)20-17(26-16)21-19-10-12-6-8-14(9-7-12)22(23)24/h1-10H,(H,20,21). The van der Waals surface area contributed by atoms with Crippen molar-refractivity contribution in [1.29, 1.82) is 5.26 Å². The van der Waals surface area contributed by atoms with Crippen molar-refractivity contribution >= 4 is 40.1 Å². The Bertz CT molecular complexity index is 979. The Morgan fingerprint density at radius 2 is 1.96 bits per heavy atom. The lowest BCUT2D eigenvalue weighted by Crippen LogP contribution is -1.91. The first-order chi connectivity index (χ1) is 12.7. The maximum atomic E-state index is 10.6. The van der Waals surface area contributed by atoms with Gasteiger partial charge < -0.3 is 0 Å². The Kier molecular flexibility index (Phi) is 5.58. The molecule has 0 saturated carbocycles. The number of nitro groups is 1. The molecule has 0 saturated heterocycles. The molecule has 3 rings (SSSR count). The Morgan fingerprint density at radius 3 is 2.62 bits per heavy atom. The topological polar surface area (TPSA) is 104 Å². The molecule has 7 nitrogen and oxygen atoms in total. The number of hydrazone groups is 1. The van der Waals surface area contributed by atoms with Crippen LogP contribution >= 0.6 is 23.1 Å². The molecule has 2 aromatic carbocycles. The highest BCUT2D eigenvalue weighted by molar-refractivity contribution is 8.05. The van der Waals surface area contributed by atoms with Crippen LogP contribution < -0.4 is 5.43 Å². The molecule has 0 aliphatic heterocycles. The van der Waals surface area contributed by atoms with Gasteiger partial charge >= 0.3 is 0 Å². The van der Waals surface area contributed by atoms with Crippen LogP contribution in [0.15, 0.2) is 63.9 Å². The lowest BCUT2D eigenvalue weighted by Gasteiger charge is -1.97. The largest absolute Gasteiger partial charge is 0.269 e. The van der Waals surface area contributed by atoms with Gasteiger partial charge in [-0.25, -0.2) is 4.98 Å². The number of thioether (sulfide) groups is 1. The van der Waals surface area contributed by atoms with Crippen LogP contribution in [0.3, 0.4) is 0 Å². The normalized spacial score (nSPS) is 10.6. The summed E-state index contributed by atoms with van der Waals surface area (Å²) in [6, 6.07) is 15.7. The van der Waals surface area contributed by atoms with Gasteiger partial charge in [0.05, 0.1) is 16.8 Å². The number of nitrogens with one attached hydrogen (secondary N) is 1. The summed E-state index contributed by atoms with van der Waals surface area (Å²) in [6.07, 6.45) is 1.55. The minimum atomic E-state index is -0.450. The second kappa shape index (κ2) is 8.24. The van der Waals surface area contributed by atoms with Crippen molar-refractivity contribution in [2.45, 2.75) is 4.21 Å². The van der Waals surface area contributed by atoms with E-state index in [2.05, 4.69) is 20.9 Å². The molecule has 0 aliphatic carbocycles. The lowest BCUT2D eigenvalue weighted by atomic mass is 10.2. The molecule has 0 amide bonds. The summed E-state index contributed by atoms with van der Waals surface area (Å²) in [7, 11) is 0. The molecule has 1 heterocycles. The molecule has 1 N–H and O–H groups in total. The maximum absolute atomic E-state index is 10.6. The number of thiazole rings is 1. The SMILES string of the molecule is N#CSc1sc(NN=Cc2ccc([N+](=O)[O-])cc2)nc1-c1ccccc1. The maximum Gasteiger partial charge on any atom is 0.269 e. The zero-order chi connectivity index (χ0) is 18.4. The first kappa shape index (κ1) is 17.6. The predicted octanol–water partition coefficient (Wildman–Crippen LogP) is 4.74. The van der Waals surface area contributed by atoms with E-state index in [1.807, 2.05) is 30.3 Å². The molecule has 9 heteroatoms. The molecule has 0 fully saturated rings. The number of aromatic nitrogens is 1. The quantitative estimate of drug-likeness (QED) is 0.217. The average Bonchev–Trinajstić information content (AvgIpc) is 3.06. The van der Waals surface area contributed by atoms with Gasteiger partial charge in [0.15, 0.2) is 0 Å². The monoisotopic (exact) mass is 381 g/mol. The third kappa shape index (κ3) is 4.24. The number of anilines is 1. The van der Waals surface area contributed by atoms with Gasteiger partial charge in [0.1, 0.15) is 9.61 Å². The van der Waals surface area contributed by atoms with Crippen LogP contribution in [0, 0.1) is 20.8 Å². The number of non-ortho nitro benzene ring substituents is 1. The number of nitrogens with zero attached hydrogens (tertiary/aromatic N) is 4. The first-order valence-corrected chi connectivity index (χ1v) is 8.96. The number of thiocyanates is 1. The fraction of sp³-hybridized carbons (Fsp3) is 0. The van der Waals surface area contributed by atoms with Crippen molar-refractivity contribution in [3.8, 4) is 16.7 Å². The van der Waals surface area contributed by atoms with Crippen molar-refractivity contribution in [2.75, 3.05) is 5.43 Å². The molecule has 0 atom stereocenters. The molecule has 3 aromatic rings. The van der Waals surface area contributed by atoms with Crippen molar-refractivity contribution in [3.63, 3.8) is 0 Å². The molecule has 0 spiro atoms. The minimum absolute atomic E-state index is 0.0284. The van der Waals surface area contributed by atoms with Crippen molar-refractivity contribution in [1.82, 2.24) is 4.98 Å². The Balaban J connectivity index is 1.76. The van der Waals surface area contributed by atoms with Crippen LogP contribution in [0.2, 0.25) is 0 Å². The van der Waals surface area contributed by atoms with Crippen LogP contribution in [0.4, 0.5) is 10.8 Å². The van der Waals surface area contributed by atoms with Gasteiger partial charge in [0.25, 0.3) is 5.69 Å². The Hall–Kier alpha value is -3.22. The zero-order valence-electron chi connectivity index (χ0n) is 13.2. The minimum Gasteiger partial charge on any atom is -0.258 e. The van der Waals surface area contributed by atoms with Crippen LogP contribution in [-0.4, -0.2) is 16.1 Å². The summed E-state index contributed by atoms with van der Waals surface area (Å²) in [5, 5.41) is 26.4. The fourth-order valence-electron chi connectivity index (χ4n) is 2.09. The fourth-order valence-corrected chi connectivity index (χ4v) is 3.62. The second-order valence-electron chi connectivity index (χ2n) is 4.93. The summed E-state index contributed by atoms with van der Waals surface area (Å²) < 4.78 is 0.784. The van der Waals surface area contributed by atoms with E-state index in [0.29, 0.717) is 5.13 Å². The van der Waals surface area contributed by atoms with Gasteiger partial charge in [-0.1, -0.05) is 41.7 Å². The van der Waals surface area contributed by atoms with E-state index in [-0.39, 0.29) is 5.69 Å². The van der Waals surface area contributed by atoms with Crippen LogP contribution in [0.25, 0.3) is 11.3 Å². The van der Waals surface area contributed by atoms with Gasteiger partial charge in [0.2, 0.25) is 5.13 Å². The number of rotatable bonds is 6. The summed E-state index contributed by atoms with van der Waals surface area (Å²) in [5.74, 6) is 0. The van der Waals surface area contributed by atoms with Crippen molar-refractivity contribution in [2.24, 2.45) is 5.10 Å². The Morgan fingerprint density at radius 1 is 1.23 bits per heavy atom. The average molecular weight is 381 g/mol. The van der Waals surface area contributed by atoms with Crippen LogP contribution in [-0.2, 0) is 0 Å². The lowest BCUT2D eigenvalue weighted by molar-refractivity contribution is -0.384. The molecule has 128 valence electrons. The third-order valence-electron chi connectivity index (χ3n) is 3.26. The predicted molar refractivity (Wildman–Crippen MR) is 103 cm³/mol. The van der Waals surface area contributed by atoms with Crippen molar-refractivity contribution in [3.05, 3.63) is 70.3 Å². The first-order valence-electron chi connectivity index (χ1n) is 7.33. The van der Waals surface area contributed by atoms with E-state index >= 15 is 0 Å². The summed E-state index contributed by atoms with van der Waals surface area (Å²) in [6.45, 7) is 0. The van der Waals surface area contributed by atoms with E-state index in [4.69, 9.17) is 5.26 Å². The molecule has 0 unspecified atom stereocenters.